The Morgan fingerprint density at radius 1 is 1.06 bits per heavy atom. The van der Waals surface area contributed by atoms with Crippen LogP contribution >= 0.6 is 0 Å². The van der Waals surface area contributed by atoms with E-state index >= 15 is 0 Å². The van der Waals surface area contributed by atoms with Gasteiger partial charge in [0.15, 0.2) is 0 Å². The van der Waals surface area contributed by atoms with Crippen molar-refractivity contribution in [2.24, 2.45) is 5.92 Å². The molecule has 4 rings (SSSR count). The number of hydrogen-bond acceptors (Lipinski definition) is 1. The van der Waals surface area contributed by atoms with E-state index in [1.54, 1.807) is 0 Å². The van der Waals surface area contributed by atoms with Gasteiger partial charge in [0.2, 0.25) is 0 Å². The van der Waals surface area contributed by atoms with Gasteiger partial charge in [-0.3, -0.25) is 0 Å². The average Bonchev–Trinajstić information content (AvgIpc) is 2.67. The first kappa shape index (κ1) is 10.2. The van der Waals surface area contributed by atoms with E-state index in [-0.39, 0.29) is 0 Å². The number of ether oxygens (including phenoxy) is 1. The zero-order valence-corrected chi connectivity index (χ0v) is 10.5. The van der Waals surface area contributed by atoms with Crippen LogP contribution in [-0.4, -0.2) is 0 Å². The molecule has 2 aromatic rings. The predicted molar refractivity (Wildman–Crippen MR) is 71.9 cm³/mol. The summed E-state index contributed by atoms with van der Waals surface area (Å²) in [4.78, 5) is 0. The average molecular weight is 236 g/mol. The Morgan fingerprint density at radius 2 is 1.94 bits per heavy atom. The molecule has 2 aliphatic rings. The van der Waals surface area contributed by atoms with Crippen molar-refractivity contribution in [3.63, 3.8) is 0 Å². The fraction of sp³-hybridized carbons (Fsp3) is 0.294. The van der Waals surface area contributed by atoms with Gasteiger partial charge in [-0.2, -0.15) is 0 Å². The van der Waals surface area contributed by atoms with Crippen LogP contribution in [0.2, 0.25) is 0 Å². The maximum atomic E-state index is 5.39. The van der Waals surface area contributed by atoms with Gasteiger partial charge in [-0.05, 0) is 41.2 Å². The third-order valence-electron chi connectivity index (χ3n) is 4.33. The van der Waals surface area contributed by atoms with Crippen LogP contribution in [0.1, 0.15) is 35.1 Å². The first-order chi connectivity index (χ1) is 8.83. The molecule has 1 aliphatic carbocycles. The highest BCUT2D eigenvalue weighted by molar-refractivity contribution is 5.48. The molecule has 0 radical (unpaired) electrons. The third-order valence-corrected chi connectivity index (χ3v) is 4.33. The number of benzene rings is 2. The topological polar surface area (TPSA) is 9.23 Å². The number of fused-ring (bicyclic) bond motifs is 2. The molecule has 0 bridgehead atoms. The van der Waals surface area contributed by atoms with E-state index in [0.29, 0.717) is 11.8 Å². The fourth-order valence-corrected chi connectivity index (χ4v) is 3.42. The summed E-state index contributed by atoms with van der Waals surface area (Å²) in [6.07, 6.45) is 1.20. The summed E-state index contributed by atoms with van der Waals surface area (Å²) < 4.78 is 5.39. The van der Waals surface area contributed by atoms with Crippen molar-refractivity contribution in [1.29, 1.82) is 0 Å². The maximum absolute atomic E-state index is 5.39. The van der Waals surface area contributed by atoms with E-state index in [9.17, 15) is 0 Å². The largest absolute Gasteiger partial charge is 0.488 e. The molecule has 2 unspecified atom stereocenters. The summed E-state index contributed by atoms with van der Waals surface area (Å²) in [5, 5.41) is 0. The van der Waals surface area contributed by atoms with E-state index in [2.05, 4.69) is 49.4 Å². The molecule has 1 heteroatoms. The molecule has 1 heterocycles. The molecule has 0 spiro atoms. The van der Waals surface area contributed by atoms with Crippen molar-refractivity contribution in [3.8, 4) is 5.75 Å². The summed E-state index contributed by atoms with van der Waals surface area (Å²) in [7, 11) is 0. The molecule has 18 heavy (non-hydrogen) atoms. The van der Waals surface area contributed by atoms with Gasteiger partial charge in [0.1, 0.15) is 12.4 Å². The zero-order chi connectivity index (χ0) is 12.1. The van der Waals surface area contributed by atoms with Crippen LogP contribution in [-0.2, 0) is 13.0 Å². The van der Waals surface area contributed by atoms with Crippen molar-refractivity contribution in [3.05, 3.63) is 64.7 Å². The molecular formula is C17H16O. The van der Waals surface area contributed by atoms with E-state index < -0.39 is 0 Å². The second-order valence-corrected chi connectivity index (χ2v) is 5.51. The Bertz CT molecular complexity index is 615. The van der Waals surface area contributed by atoms with Crippen LogP contribution in [0.5, 0.6) is 5.75 Å². The fourth-order valence-electron chi connectivity index (χ4n) is 3.42. The third kappa shape index (κ3) is 1.34. The van der Waals surface area contributed by atoms with Gasteiger partial charge in [0.25, 0.3) is 0 Å². The molecule has 0 fully saturated rings. The van der Waals surface area contributed by atoms with Crippen LogP contribution in [0.25, 0.3) is 0 Å². The summed E-state index contributed by atoms with van der Waals surface area (Å²) >= 11 is 0. The Labute approximate surface area is 107 Å². The van der Waals surface area contributed by atoms with Gasteiger partial charge in [0.05, 0.1) is 0 Å². The van der Waals surface area contributed by atoms with Gasteiger partial charge < -0.3 is 4.74 Å². The monoisotopic (exact) mass is 236 g/mol. The van der Waals surface area contributed by atoms with Crippen molar-refractivity contribution in [2.45, 2.75) is 25.9 Å². The predicted octanol–water partition coefficient (Wildman–Crippen LogP) is 3.90. The van der Waals surface area contributed by atoms with Crippen LogP contribution in [0.4, 0.5) is 0 Å². The molecule has 0 N–H and O–H groups in total. The highest BCUT2D eigenvalue weighted by Gasteiger charge is 2.31. The van der Waals surface area contributed by atoms with Crippen molar-refractivity contribution in [1.82, 2.24) is 0 Å². The molecule has 0 saturated heterocycles. The second-order valence-electron chi connectivity index (χ2n) is 5.51. The number of hydrogen-bond donors (Lipinski definition) is 0. The number of rotatable bonds is 1. The minimum Gasteiger partial charge on any atom is -0.488 e. The Kier molecular flexibility index (Phi) is 2.05. The maximum Gasteiger partial charge on any atom is 0.126 e. The summed E-state index contributed by atoms with van der Waals surface area (Å²) in [5.41, 5.74) is 5.86. The van der Waals surface area contributed by atoms with Crippen LogP contribution in [0.15, 0.2) is 42.5 Å². The summed E-state index contributed by atoms with van der Waals surface area (Å²) in [6.45, 7) is 3.15. The lowest BCUT2D eigenvalue weighted by Crippen LogP contribution is -2.12. The van der Waals surface area contributed by atoms with Crippen LogP contribution < -0.4 is 4.74 Å². The molecule has 1 nitrogen and oxygen atoms in total. The first-order valence-corrected chi connectivity index (χ1v) is 6.66. The van der Waals surface area contributed by atoms with Crippen LogP contribution in [0.3, 0.4) is 0 Å². The lowest BCUT2D eigenvalue weighted by molar-refractivity contribution is 0.243. The van der Waals surface area contributed by atoms with Crippen LogP contribution in [0, 0.1) is 5.92 Å². The van der Waals surface area contributed by atoms with Crippen molar-refractivity contribution in [2.75, 3.05) is 0 Å². The molecule has 0 saturated carbocycles. The SMILES string of the molecule is CC1Cc2ccccc2C1c1ccc2c(c1)CO2. The second kappa shape index (κ2) is 3.61. The lowest BCUT2D eigenvalue weighted by Gasteiger charge is -2.24. The Morgan fingerprint density at radius 3 is 2.72 bits per heavy atom. The highest BCUT2D eigenvalue weighted by atomic mass is 16.5. The quantitative estimate of drug-likeness (QED) is 0.729. The molecule has 2 atom stereocenters. The summed E-state index contributed by atoms with van der Waals surface area (Å²) in [6, 6.07) is 15.6. The Hall–Kier alpha value is -1.76. The van der Waals surface area contributed by atoms with E-state index in [1.807, 2.05) is 0 Å². The van der Waals surface area contributed by atoms with Gasteiger partial charge in [-0.15, -0.1) is 0 Å². The molecule has 2 aromatic carbocycles. The zero-order valence-electron chi connectivity index (χ0n) is 10.5. The Balaban J connectivity index is 1.82. The molecule has 0 amide bonds. The minimum absolute atomic E-state index is 0.562. The first-order valence-electron chi connectivity index (χ1n) is 6.66. The molecule has 90 valence electrons. The van der Waals surface area contributed by atoms with E-state index in [1.165, 1.54) is 28.7 Å². The highest BCUT2D eigenvalue weighted by Crippen LogP contribution is 2.43. The van der Waals surface area contributed by atoms with Gasteiger partial charge in [-0.25, -0.2) is 0 Å². The van der Waals surface area contributed by atoms with Crippen molar-refractivity contribution < 1.29 is 4.74 Å². The molecular weight excluding hydrogens is 220 g/mol. The normalized spacial score (nSPS) is 23.8. The van der Waals surface area contributed by atoms with Crippen molar-refractivity contribution >= 4 is 0 Å². The van der Waals surface area contributed by atoms with E-state index in [4.69, 9.17) is 4.74 Å². The van der Waals surface area contributed by atoms with Gasteiger partial charge >= 0.3 is 0 Å². The smallest absolute Gasteiger partial charge is 0.126 e. The minimum atomic E-state index is 0.562. The lowest BCUT2D eigenvalue weighted by atomic mass is 9.86. The van der Waals surface area contributed by atoms with Gasteiger partial charge in [-0.1, -0.05) is 37.3 Å². The molecule has 0 aromatic heterocycles. The van der Waals surface area contributed by atoms with E-state index in [0.717, 1.165) is 12.4 Å². The molecule has 1 aliphatic heterocycles. The van der Waals surface area contributed by atoms with Gasteiger partial charge in [0, 0.05) is 11.5 Å². The summed E-state index contributed by atoms with van der Waals surface area (Å²) in [5.74, 6) is 2.33. The standard InChI is InChI=1S/C17H16O/c1-11-8-12-4-2-3-5-15(12)17(11)13-6-7-16-14(9-13)10-18-16/h2-7,9,11,17H,8,10H2,1H3.